The van der Waals surface area contributed by atoms with Gasteiger partial charge in [0.2, 0.25) is 11.6 Å². The molecule has 1 heterocycles. The molecular weight excluding hydrogens is 468 g/mol. The fraction of sp³-hybridized carbons (Fsp3) is 0.600. The molecule has 2 aromatic carbocycles. The van der Waals surface area contributed by atoms with Crippen LogP contribution >= 0.6 is 0 Å². The van der Waals surface area contributed by atoms with E-state index in [2.05, 4.69) is 81.4 Å². The maximum absolute atomic E-state index is 9.93. The van der Waals surface area contributed by atoms with Crippen molar-refractivity contribution in [2.45, 2.75) is 88.4 Å². The summed E-state index contributed by atoms with van der Waals surface area (Å²) in [5.41, 5.74) is 0. The smallest absolute Gasteiger partial charge is 0.261 e. The van der Waals surface area contributed by atoms with Crippen molar-refractivity contribution in [3.05, 3.63) is 60.7 Å². The number of hydrogen-bond donors (Lipinski definition) is 1. The zero-order chi connectivity index (χ0) is 25.0. The fourth-order valence-electron chi connectivity index (χ4n) is 7.77. The lowest BCUT2D eigenvalue weighted by Gasteiger charge is -2.47. The highest BCUT2D eigenvalue weighted by Gasteiger charge is 2.66. The third kappa shape index (κ3) is 3.93. The average Bonchev–Trinajstić information content (AvgIpc) is 3.55. The minimum absolute atomic E-state index is 0.0102. The molecule has 3 saturated carbocycles. The number of hydrogen-bond acceptors (Lipinski definition) is 5. The monoisotopic (exact) mass is 508 g/mol. The first-order valence-electron chi connectivity index (χ1n) is 13.8. The summed E-state index contributed by atoms with van der Waals surface area (Å²) in [7, 11) is -2.66. The van der Waals surface area contributed by atoms with Crippen LogP contribution in [-0.2, 0) is 18.9 Å². The Morgan fingerprint density at radius 2 is 1.61 bits per heavy atom. The Kier molecular flexibility index (Phi) is 6.22. The Hall–Kier alpha value is -1.54. The molecule has 6 heteroatoms. The summed E-state index contributed by atoms with van der Waals surface area (Å²) in [4.78, 5) is 12.2. The zero-order valence-corrected chi connectivity index (χ0v) is 22.8. The van der Waals surface area contributed by atoms with Crippen molar-refractivity contribution in [1.82, 2.24) is 0 Å². The molecule has 2 bridgehead atoms. The van der Waals surface area contributed by atoms with Crippen LogP contribution in [-0.4, -0.2) is 37.7 Å². The highest BCUT2D eigenvalue weighted by molar-refractivity contribution is 6.99. The highest BCUT2D eigenvalue weighted by Crippen LogP contribution is 2.61. The van der Waals surface area contributed by atoms with E-state index in [9.17, 15) is 5.11 Å². The molecule has 2 aromatic rings. The summed E-state index contributed by atoms with van der Waals surface area (Å²) in [6.45, 7) is 7.16. The Morgan fingerprint density at radius 1 is 0.944 bits per heavy atom. The summed E-state index contributed by atoms with van der Waals surface area (Å²) in [6, 6.07) is 21.7. The summed E-state index contributed by atoms with van der Waals surface area (Å²) in [6.07, 6.45) is 6.45. The molecule has 1 N–H and O–H groups in total. The molecule has 0 aromatic heterocycles. The van der Waals surface area contributed by atoms with Crippen LogP contribution in [0.3, 0.4) is 0 Å². The van der Waals surface area contributed by atoms with Gasteiger partial charge in [0.15, 0.2) is 0 Å². The highest BCUT2D eigenvalue weighted by atomic mass is 28.4. The maximum atomic E-state index is 9.93. The van der Waals surface area contributed by atoms with Crippen LogP contribution in [0.5, 0.6) is 0 Å². The van der Waals surface area contributed by atoms with Crippen LogP contribution in [0.4, 0.5) is 0 Å². The third-order valence-electron chi connectivity index (χ3n) is 9.24. The van der Waals surface area contributed by atoms with Crippen molar-refractivity contribution in [1.29, 1.82) is 0 Å². The van der Waals surface area contributed by atoms with E-state index in [0.717, 1.165) is 38.5 Å². The van der Waals surface area contributed by atoms with Crippen LogP contribution in [0.25, 0.3) is 0 Å². The summed E-state index contributed by atoms with van der Waals surface area (Å²) in [5, 5.41) is 12.4. The van der Waals surface area contributed by atoms with Crippen molar-refractivity contribution in [3.63, 3.8) is 0 Å². The summed E-state index contributed by atoms with van der Waals surface area (Å²) in [5.74, 6) is -0.451. The molecule has 1 aliphatic heterocycles. The normalized spacial score (nSPS) is 36.2. The number of rotatable bonds is 5. The van der Waals surface area contributed by atoms with Gasteiger partial charge in [-0.3, -0.25) is 0 Å². The summed E-state index contributed by atoms with van der Waals surface area (Å²) < 4.78 is 14.3. The fourth-order valence-corrected chi connectivity index (χ4v) is 12.5. The van der Waals surface area contributed by atoms with E-state index in [1.807, 2.05) is 0 Å². The van der Waals surface area contributed by atoms with E-state index < -0.39 is 19.9 Å². The molecule has 0 unspecified atom stereocenters. The van der Waals surface area contributed by atoms with E-state index in [0.29, 0.717) is 12.3 Å². The first kappa shape index (κ1) is 24.8. The van der Waals surface area contributed by atoms with Gasteiger partial charge >= 0.3 is 0 Å². The lowest BCUT2D eigenvalue weighted by Crippen LogP contribution is -2.68. The molecule has 3 aliphatic carbocycles. The van der Waals surface area contributed by atoms with E-state index in [4.69, 9.17) is 18.9 Å². The number of benzene rings is 2. The molecule has 5 nitrogen and oxygen atoms in total. The number of fused-ring (bicyclic) bond motifs is 3. The largest absolute Gasteiger partial charge is 0.404 e. The molecule has 6 atom stereocenters. The van der Waals surface area contributed by atoms with Gasteiger partial charge in [-0.25, -0.2) is 0 Å². The third-order valence-corrected chi connectivity index (χ3v) is 14.3. The molecule has 4 aliphatic rings. The van der Waals surface area contributed by atoms with Crippen LogP contribution in [0.15, 0.2) is 60.7 Å². The lowest BCUT2D eigenvalue weighted by atomic mass is 9.84. The molecule has 4 fully saturated rings. The Balaban J connectivity index is 1.31. The van der Waals surface area contributed by atoms with Gasteiger partial charge in [0.1, 0.15) is 0 Å². The molecule has 0 amide bonds. The quantitative estimate of drug-likeness (QED) is 0.459. The first-order chi connectivity index (χ1) is 17.3. The Morgan fingerprint density at radius 3 is 2.19 bits per heavy atom. The molecule has 0 radical (unpaired) electrons. The van der Waals surface area contributed by atoms with Gasteiger partial charge in [0, 0.05) is 31.8 Å². The van der Waals surface area contributed by atoms with Gasteiger partial charge in [-0.15, -0.1) is 0 Å². The zero-order valence-electron chi connectivity index (χ0n) is 21.8. The average molecular weight is 509 g/mol. The standard InChI is InChI=1S/C30H40O5Si/c1-28(2,3)36(25-12-6-4-7-13-25,26-14-8-5-9-15-26)32-24-11-10-16-29(20-24)33-30(35-34-29)19-22-17-23(21-31)27(30)18-22/h4-9,12-15,22-24,27,31H,10-11,16-21H2,1-3H3/t22-,23+,24+,27-,29+,30+/m1/s1. The molecule has 36 heavy (non-hydrogen) atoms. The van der Waals surface area contributed by atoms with Crippen molar-refractivity contribution in [2.75, 3.05) is 6.61 Å². The second-order valence-electron chi connectivity index (χ2n) is 12.6. The molecule has 194 valence electrons. The number of ether oxygens (including phenoxy) is 1. The summed E-state index contributed by atoms with van der Waals surface area (Å²) >= 11 is 0. The van der Waals surface area contributed by atoms with Gasteiger partial charge in [0.25, 0.3) is 8.32 Å². The van der Waals surface area contributed by atoms with E-state index in [-0.39, 0.29) is 29.6 Å². The minimum Gasteiger partial charge on any atom is -0.404 e. The van der Waals surface area contributed by atoms with Gasteiger partial charge in [0.05, 0.1) is 6.10 Å². The van der Waals surface area contributed by atoms with Crippen molar-refractivity contribution in [2.24, 2.45) is 17.8 Å². The van der Waals surface area contributed by atoms with Gasteiger partial charge in [-0.2, -0.15) is 9.78 Å². The van der Waals surface area contributed by atoms with E-state index in [1.165, 1.54) is 10.4 Å². The van der Waals surface area contributed by atoms with Gasteiger partial charge < -0.3 is 14.3 Å². The predicted octanol–water partition coefficient (Wildman–Crippen LogP) is 4.92. The van der Waals surface area contributed by atoms with Crippen LogP contribution in [0, 0.1) is 17.8 Å². The molecule has 2 spiro atoms. The Labute approximate surface area is 216 Å². The van der Waals surface area contributed by atoms with Crippen molar-refractivity contribution >= 4 is 18.7 Å². The lowest BCUT2D eigenvalue weighted by molar-refractivity contribution is -0.365. The topological polar surface area (TPSA) is 57.2 Å². The second-order valence-corrected chi connectivity index (χ2v) is 16.8. The maximum Gasteiger partial charge on any atom is 0.261 e. The SMILES string of the molecule is CC(C)(C)[Si](O[C@H]1CCC[C@@]2(C1)OO[C@]1(C[C@@H]3C[C@@H](CO)[C@H]1C3)O2)(c1ccccc1)c1ccccc1. The van der Waals surface area contributed by atoms with E-state index in [1.54, 1.807) is 0 Å². The molecule has 1 saturated heterocycles. The van der Waals surface area contributed by atoms with Crippen LogP contribution in [0.2, 0.25) is 5.04 Å². The van der Waals surface area contributed by atoms with Crippen LogP contribution < -0.4 is 10.4 Å². The second kappa shape index (κ2) is 9.04. The Bertz CT molecular complexity index is 1020. The molecule has 6 rings (SSSR count). The van der Waals surface area contributed by atoms with E-state index >= 15 is 0 Å². The first-order valence-corrected chi connectivity index (χ1v) is 15.7. The van der Waals surface area contributed by atoms with Crippen LogP contribution in [0.1, 0.15) is 65.7 Å². The van der Waals surface area contributed by atoms with Crippen molar-refractivity contribution < 1.29 is 24.0 Å². The molecular formula is C30H40O5Si. The van der Waals surface area contributed by atoms with Crippen molar-refractivity contribution in [3.8, 4) is 0 Å². The predicted molar refractivity (Wildman–Crippen MR) is 141 cm³/mol. The van der Waals surface area contributed by atoms with Gasteiger partial charge in [-0.05, 0) is 52.9 Å². The number of aliphatic hydroxyl groups excluding tert-OH is 1. The minimum atomic E-state index is -2.66. The number of aliphatic hydroxyl groups is 1. The van der Waals surface area contributed by atoms with Gasteiger partial charge in [-0.1, -0.05) is 81.4 Å².